The molecule has 4 N–H and O–H groups in total. The van der Waals surface area contributed by atoms with Crippen molar-refractivity contribution in [1.82, 2.24) is 10.2 Å². The lowest BCUT2D eigenvalue weighted by molar-refractivity contribution is 0.482. The molecule has 12 heavy (non-hydrogen) atoms. The standard InChI is InChI=1S/C7H7N3O.ClH/c8-4-1-6-5(3-9-10-6)7(11)2-4;/h1-3,11H,8H2,(H,9,10);1H. The number of H-pyrrole nitrogens is 1. The van der Waals surface area contributed by atoms with Crippen LogP contribution in [0.5, 0.6) is 5.75 Å². The number of nitrogens with two attached hydrogens (primary N) is 1. The molecule has 0 bridgehead atoms. The van der Waals surface area contributed by atoms with Gasteiger partial charge >= 0.3 is 0 Å². The maximum Gasteiger partial charge on any atom is 0.128 e. The van der Waals surface area contributed by atoms with Gasteiger partial charge in [-0.1, -0.05) is 0 Å². The third kappa shape index (κ3) is 1.16. The fraction of sp³-hybridized carbons (Fsp3) is 0. The molecule has 1 aromatic carbocycles. The molecular formula is C7H8ClN3O. The lowest BCUT2D eigenvalue weighted by Crippen LogP contribution is -1.83. The first kappa shape index (κ1) is 8.67. The molecule has 0 aliphatic heterocycles. The summed E-state index contributed by atoms with van der Waals surface area (Å²) in [6, 6.07) is 3.22. The SMILES string of the molecule is Cl.Nc1cc(O)c2cn[nH]c2c1. The molecule has 0 atom stereocenters. The number of aromatic hydroxyl groups is 1. The van der Waals surface area contributed by atoms with Crippen molar-refractivity contribution in [2.24, 2.45) is 0 Å². The average molecular weight is 186 g/mol. The van der Waals surface area contributed by atoms with Gasteiger partial charge in [0, 0.05) is 11.8 Å². The Morgan fingerprint density at radius 1 is 1.42 bits per heavy atom. The summed E-state index contributed by atoms with van der Waals surface area (Å²) in [7, 11) is 0. The highest BCUT2D eigenvalue weighted by molar-refractivity contribution is 5.87. The number of hydrogen-bond acceptors (Lipinski definition) is 3. The predicted molar refractivity (Wildman–Crippen MR) is 49.4 cm³/mol. The number of nitrogens with one attached hydrogen (secondary N) is 1. The topological polar surface area (TPSA) is 74.9 Å². The normalized spacial score (nSPS) is 9.67. The maximum absolute atomic E-state index is 9.30. The van der Waals surface area contributed by atoms with Crippen LogP contribution >= 0.6 is 12.4 Å². The number of halogens is 1. The van der Waals surface area contributed by atoms with Crippen LogP contribution < -0.4 is 5.73 Å². The minimum atomic E-state index is 0. The first-order valence-electron chi connectivity index (χ1n) is 3.19. The summed E-state index contributed by atoms with van der Waals surface area (Å²) < 4.78 is 0. The second-order valence-corrected chi connectivity index (χ2v) is 2.37. The molecule has 0 aliphatic carbocycles. The van der Waals surface area contributed by atoms with Crippen molar-refractivity contribution in [3.05, 3.63) is 18.3 Å². The highest BCUT2D eigenvalue weighted by atomic mass is 35.5. The van der Waals surface area contributed by atoms with E-state index in [1.807, 2.05) is 0 Å². The van der Waals surface area contributed by atoms with Gasteiger partial charge < -0.3 is 10.8 Å². The van der Waals surface area contributed by atoms with Crippen molar-refractivity contribution in [2.75, 3.05) is 5.73 Å². The highest BCUT2D eigenvalue weighted by Crippen LogP contribution is 2.25. The minimum Gasteiger partial charge on any atom is -0.507 e. The van der Waals surface area contributed by atoms with Gasteiger partial charge in [-0.15, -0.1) is 12.4 Å². The molecule has 5 heteroatoms. The Labute approximate surface area is 74.8 Å². The number of hydrogen-bond donors (Lipinski definition) is 3. The van der Waals surface area contributed by atoms with Gasteiger partial charge in [0.1, 0.15) is 5.75 Å². The Morgan fingerprint density at radius 2 is 2.17 bits per heavy atom. The van der Waals surface area contributed by atoms with Crippen LogP contribution in [0.4, 0.5) is 5.69 Å². The molecule has 0 radical (unpaired) electrons. The molecule has 0 amide bonds. The van der Waals surface area contributed by atoms with Gasteiger partial charge in [-0.05, 0) is 6.07 Å². The van der Waals surface area contributed by atoms with Crippen LogP contribution in [0.2, 0.25) is 0 Å². The summed E-state index contributed by atoms with van der Waals surface area (Å²) in [6.07, 6.45) is 1.56. The quantitative estimate of drug-likeness (QED) is 0.541. The molecule has 1 aromatic heterocycles. The number of aromatic nitrogens is 2. The fourth-order valence-corrected chi connectivity index (χ4v) is 1.05. The van der Waals surface area contributed by atoms with Crippen LogP contribution in [0.1, 0.15) is 0 Å². The van der Waals surface area contributed by atoms with E-state index in [-0.39, 0.29) is 18.2 Å². The Bertz CT molecular complexity index is 398. The molecule has 64 valence electrons. The van der Waals surface area contributed by atoms with Crippen LogP contribution in [0.25, 0.3) is 10.9 Å². The number of phenolic OH excluding ortho intramolecular Hbond substituents is 1. The molecule has 2 rings (SSSR count). The molecule has 4 nitrogen and oxygen atoms in total. The molecule has 0 saturated heterocycles. The zero-order valence-corrected chi connectivity index (χ0v) is 6.93. The zero-order valence-electron chi connectivity index (χ0n) is 6.11. The van der Waals surface area contributed by atoms with E-state index in [0.29, 0.717) is 11.1 Å². The largest absolute Gasteiger partial charge is 0.507 e. The van der Waals surface area contributed by atoms with E-state index in [1.54, 1.807) is 12.3 Å². The molecule has 1 heterocycles. The molecule has 2 aromatic rings. The van der Waals surface area contributed by atoms with E-state index in [4.69, 9.17) is 5.73 Å². The number of benzene rings is 1. The van der Waals surface area contributed by atoms with Crippen molar-refractivity contribution < 1.29 is 5.11 Å². The van der Waals surface area contributed by atoms with E-state index < -0.39 is 0 Å². The molecular weight excluding hydrogens is 178 g/mol. The average Bonchev–Trinajstić information content (AvgIpc) is 2.34. The van der Waals surface area contributed by atoms with Gasteiger partial charge in [0.05, 0.1) is 17.1 Å². The molecule has 0 fully saturated rings. The van der Waals surface area contributed by atoms with E-state index in [1.165, 1.54) is 6.07 Å². The Morgan fingerprint density at radius 3 is 2.92 bits per heavy atom. The molecule has 0 spiro atoms. The second kappa shape index (κ2) is 2.91. The Kier molecular flexibility index (Phi) is 2.10. The minimum absolute atomic E-state index is 0. The number of phenols is 1. The summed E-state index contributed by atoms with van der Waals surface area (Å²) >= 11 is 0. The van der Waals surface area contributed by atoms with E-state index in [2.05, 4.69) is 10.2 Å². The van der Waals surface area contributed by atoms with Crippen molar-refractivity contribution in [3.8, 4) is 5.75 Å². The van der Waals surface area contributed by atoms with Crippen LogP contribution in [-0.4, -0.2) is 15.3 Å². The van der Waals surface area contributed by atoms with Gasteiger partial charge in [0.25, 0.3) is 0 Å². The number of aromatic amines is 1. The summed E-state index contributed by atoms with van der Waals surface area (Å²) in [6.45, 7) is 0. The molecule has 0 saturated carbocycles. The number of anilines is 1. The number of nitrogens with zero attached hydrogens (tertiary/aromatic N) is 1. The van der Waals surface area contributed by atoms with E-state index in [0.717, 1.165) is 5.52 Å². The highest BCUT2D eigenvalue weighted by Gasteiger charge is 2.01. The molecule has 0 unspecified atom stereocenters. The molecule has 0 aliphatic rings. The number of rotatable bonds is 0. The van der Waals surface area contributed by atoms with Gasteiger partial charge in [-0.3, -0.25) is 5.10 Å². The van der Waals surface area contributed by atoms with Gasteiger partial charge in [-0.25, -0.2) is 0 Å². The first-order chi connectivity index (χ1) is 5.27. The van der Waals surface area contributed by atoms with E-state index in [9.17, 15) is 5.11 Å². The fourth-order valence-electron chi connectivity index (χ4n) is 1.05. The third-order valence-corrected chi connectivity index (χ3v) is 1.56. The lowest BCUT2D eigenvalue weighted by atomic mass is 10.2. The van der Waals surface area contributed by atoms with Crippen LogP contribution in [-0.2, 0) is 0 Å². The third-order valence-electron chi connectivity index (χ3n) is 1.56. The lowest BCUT2D eigenvalue weighted by Gasteiger charge is -1.95. The predicted octanol–water partition coefficient (Wildman–Crippen LogP) is 1.27. The Hall–Kier alpha value is -1.42. The zero-order chi connectivity index (χ0) is 7.84. The van der Waals surface area contributed by atoms with Crippen molar-refractivity contribution in [2.45, 2.75) is 0 Å². The van der Waals surface area contributed by atoms with Crippen LogP contribution in [0.15, 0.2) is 18.3 Å². The maximum atomic E-state index is 9.30. The van der Waals surface area contributed by atoms with Crippen molar-refractivity contribution in [1.29, 1.82) is 0 Å². The second-order valence-electron chi connectivity index (χ2n) is 2.37. The Balaban J connectivity index is 0.000000720. The van der Waals surface area contributed by atoms with Gasteiger partial charge in [-0.2, -0.15) is 5.10 Å². The number of nitrogen functional groups attached to an aromatic ring is 1. The first-order valence-corrected chi connectivity index (χ1v) is 3.19. The van der Waals surface area contributed by atoms with E-state index >= 15 is 0 Å². The summed E-state index contributed by atoms with van der Waals surface area (Å²) in [5.74, 6) is 0.161. The van der Waals surface area contributed by atoms with Crippen LogP contribution in [0, 0.1) is 0 Å². The monoisotopic (exact) mass is 185 g/mol. The van der Waals surface area contributed by atoms with Gasteiger partial charge in [0.15, 0.2) is 0 Å². The number of fused-ring (bicyclic) bond motifs is 1. The summed E-state index contributed by atoms with van der Waals surface area (Å²) in [5.41, 5.74) is 6.76. The smallest absolute Gasteiger partial charge is 0.128 e. The van der Waals surface area contributed by atoms with Gasteiger partial charge in [0.2, 0.25) is 0 Å². The van der Waals surface area contributed by atoms with Crippen molar-refractivity contribution in [3.63, 3.8) is 0 Å². The summed E-state index contributed by atoms with van der Waals surface area (Å²) in [4.78, 5) is 0. The van der Waals surface area contributed by atoms with Crippen LogP contribution in [0.3, 0.4) is 0 Å². The van der Waals surface area contributed by atoms with Crippen molar-refractivity contribution >= 4 is 29.0 Å². The summed E-state index contributed by atoms with van der Waals surface area (Å²) in [5, 5.41) is 16.5.